The molecule has 25 heavy (non-hydrogen) atoms. The number of likely N-dealkylation sites (tertiary alicyclic amines) is 1. The number of methoxy groups -OCH3 is 2. The summed E-state index contributed by atoms with van der Waals surface area (Å²) < 4.78 is 10.8. The fraction of sp³-hybridized carbons (Fsp3) is 0.421. The van der Waals surface area contributed by atoms with Crippen molar-refractivity contribution in [2.45, 2.75) is 18.9 Å². The molecule has 5 nitrogen and oxygen atoms in total. The Kier molecular flexibility index (Phi) is 5.94. The lowest BCUT2D eigenvalue weighted by atomic mass is 10.0. The van der Waals surface area contributed by atoms with Crippen molar-refractivity contribution < 1.29 is 14.3 Å². The number of amides is 1. The molecule has 1 aromatic carbocycles. The first kappa shape index (κ1) is 17.8. The Hall–Kier alpha value is -2.05. The molecule has 1 aliphatic heterocycles. The van der Waals surface area contributed by atoms with E-state index in [4.69, 9.17) is 9.47 Å². The summed E-state index contributed by atoms with van der Waals surface area (Å²) in [6.45, 7) is 2.67. The van der Waals surface area contributed by atoms with E-state index in [9.17, 15) is 4.79 Å². The van der Waals surface area contributed by atoms with E-state index in [0.717, 1.165) is 23.5 Å². The van der Waals surface area contributed by atoms with Crippen molar-refractivity contribution in [1.29, 1.82) is 0 Å². The maximum Gasteiger partial charge on any atom is 0.261 e. The molecule has 2 aromatic rings. The normalized spacial score (nSPS) is 15.8. The number of ether oxygens (including phenoxy) is 2. The monoisotopic (exact) mass is 360 g/mol. The highest BCUT2D eigenvalue weighted by Crippen LogP contribution is 2.33. The van der Waals surface area contributed by atoms with Crippen LogP contribution in [0, 0.1) is 0 Å². The number of carbonyl (C=O) groups is 1. The van der Waals surface area contributed by atoms with Gasteiger partial charge in [-0.15, -0.1) is 11.3 Å². The maximum absolute atomic E-state index is 12.3. The van der Waals surface area contributed by atoms with E-state index in [-0.39, 0.29) is 11.9 Å². The summed E-state index contributed by atoms with van der Waals surface area (Å²) in [5.74, 6) is 1.42. The van der Waals surface area contributed by atoms with Crippen LogP contribution in [0.25, 0.3) is 0 Å². The van der Waals surface area contributed by atoms with E-state index in [1.54, 1.807) is 14.2 Å². The third kappa shape index (κ3) is 4.14. The molecule has 1 unspecified atom stereocenters. The van der Waals surface area contributed by atoms with Crippen molar-refractivity contribution in [3.63, 3.8) is 0 Å². The molecule has 0 saturated carbocycles. The third-order valence-corrected chi connectivity index (χ3v) is 5.44. The topological polar surface area (TPSA) is 50.8 Å². The van der Waals surface area contributed by atoms with Gasteiger partial charge >= 0.3 is 0 Å². The molecule has 0 spiro atoms. The van der Waals surface area contributed by atoms with Crippen molar-refractivity contribution in [2.75, 3.05) is 33.9 Å². The van der Waals surface area contributed by atoms with Gasteiger partial charge < -0.3 is 14.8 Å². The van der Waals surface area contributed by atoms with Gasteiger partial charge in [-0.05, 0) is 55.1 Å². The van der Waals surface area contributed by atoms with Crippen molar-refractivity contribution in [2.24, 2.45) is 0 Å². The second-order valence-electron chi connectivity index (χ2n) is 6.06. The third-order valence-electron chi connectivity index (χ3n) is 4.57. The van der Waals surface area contributed by atoms with Gasteiger partial charge in [0.2, 0.25) is 0 Å². The number of hydrogen-bond donors (Lipinski definition) is 1. The van der Waals surface area contributed by atoms with E-state index >= 15 is 0 Å². The average Bonchev–Trinajstić information content (AvgIpc) is 3.35. The van der Waals surface area contributed by atoms with Crippen LogP contribution < -0.4 is 14.8 Å². The van der Waals surface area contributed by atoms with Crippen LogP contribution in [0.5, 0.6) is 11.5 Å². The summed E-state index contributed by atoms with van der Waals surface area (Å²) in [6, 6.07) is 9.87. The fourth-order valence-corrected chi connectivity index (χ4v) is 3.90. The molecular weight excluding hydrogens is 336 g/mol. The lowest BCUT2D eigenvalue weighted by molar-refractivity contribution is 0.0942. The van der Waals surface area contributed by atoms with Crippen molar-refractivity contribution >= 4 is 17.2 Å². The molecule has 1 fully saturated rings. The van der Waals surface area contributed by atoms with Gasteiger partial charge in [0.15, 0.2) is 11.5 Å². The van der Waals surface area contributed by atoms with Crippen LogP contribution in [0.15, 0.2) is 35.7 Å². The van der Waals surface area contributed by atoms with Gasteiger partial charge in [0, 0.05) is 6.54 Å². The fourth-order valence-electron chi connectivity index (χ4n) is 3.26. The Morgan fingerprint density at radius 2 is 1.96 bits per heavy atom. The number of benzene rings is 1. The van der Waals surface area contributed by atoms with Gasteiger partial charge in [0.05, 0.1) is 25.1 Å². The number of rotatable bonds is 7. The molecule has 1 atom stereocenters. The number of thiophene rings is 1. The zero-order chi connectivity index (χ0) is 17.6. The molecule has 1 saturated heterocycles. The zero-order valence-electron chi connectivity index (χ0n) is 14.7. The Morgan fingerprint density at radius 1 is 1.20 bits per heavy atom. The van der Waals surface area contributed by atoms with Crippen LogP contribution in [-0.2, 0) is 0 Å². The Morgan fingerprint density at radius 3 is 2.60 bits per heavy atom. The lowest BCUT2D eigenvalue weighted by Crippen LogP contribution is -2.36. The summed E-state index contributed by atoms with van der Waals surface area (Å²) >= 11 is 1.46. The smallest absolute Gasteiger partial charge is 0.261 e. The minimum absolute atomic E-state index is 0.0142. The minimum Gasteiger partial charge on any atom is -0.493 e. The number of carbonyl (C=O) groups excluding carboxylic acids is 1. The molecule has 1 N–H and O–H groups in total. The summed E-state index contributed by atoms with van der Waals surface area (Å²) in [4.78, 5) is 15.5. The van der Waals surface area contributed by atoms with Gasteiger partial charge in [-0.1, -0.05) is 12.1 Å². The standard InChI is InChI=1S/C19H24N2O3S/c1-23-16-8-7-14(12-17(16)24-2)15(21-9-3-4-10-21)13-20-19(22)18-6-5-11-25-18/h5-8,11-12,15H,3-4,9-10,13H2,1-2H3,(H,20,22). The highest BCUT2D eigenvalue weighted by Gasteiger charge is 2.25. The number of hydrogen-bond acceptors (Lipinski definition) is 5. The highest BCUT2D eigenvalue weighted by molar-refractivity contribution is 7.12. The first-order valence-corrected chi connectivity index (χ1v) is 9.38. The first-order valence-electron chi connectivity index (χ1n) is 8.50. The van der Waals surface area contributed by atoms with E-state index in [1.165, 1.54) is 24.2 Å². The van der Waals surface area contributed by atoms with Gasteiger partial charge in [-0.25, -0.2) is 0 Å². The molecule has 3 rings (SSSR count). The van der Waals surface area contributed by atoms with Gasteiger partial charge in [0.1, 0.15) is 0 Å². The predicted molar refractivity (Wildman–Crippen MR) is 99.7 cm³/mol. The molecule has 0 bridgehead atoms. The van der Waals surface area contributed by atoms with E-state index in [2.05, 4.69) is 16.3 Å². The molecule has 6 heteroatoms. The molecule has 134 valence electrons. The Bertz CT molecular complexity index is 697. The summed E-state index contributed by atoms with van der Waals surface area (Å²) in [6.07, 6.45) is 2.39. The molecule has 1 aliphatic rings. The quantitative estimate of drug-likeness (QED) is 0.823. The lowest BCUT2D eigenvalue weighted by Gasteiger charge is -2.28. The van der Waals surface area contributed by atoms with Crippen LogP contribution in [-0.4, -0.2) is 44.7 Å². The largest absolute Gasteiger partial charge is 0.493 e. The second kappa shape index (κ2) is 8.36. The van der Waals surface area contributed by atoms with Gasteiger partial charge in [-0.2, -0.15) is 0 Å². The van der Waals surface area contributed by atoms with E-state index < -0.39 is 0 Å². The molecule has 0 radical (unpaired) electrons. The van der Waals surface area contributed by atoms with Crippen molar-refractivity contribution in [3.8, 4) is 11.5 Å². The minimum atomic E-state index is -0.0142. The molecular formula is C19H24N2O3S. The second-order valence-corrected chi connectivity index (χ2v) is 7.01. The zero-order valence-corrected chi connectivity index (χ0v) is 15.5. The number of nitrogens with zero attached hydrogens (tertiary/aromatic N) is 1. The van der Waals surface area contributed by atoms with Crippen LogP contribution in [0.1, 0.15) is 34.1 Å². The Balaban J connectivity index is 1.78. The van der Waals surface area contributed by atoms with Crippen molar-refractivity contribution in [1.82, 2.24) is 10.2 Å². The van der Waals surface area contributed by atoms with Crippen molar-refractivity contribution in [3.05, 3.63) is 46.2 Å². The molecule has 2 heterocycles. The summed E-state index contributed by atoms with van der Waals surface area (Å²) in [7, 11) is 3.28. The van der Waals surface area contributed by atoms with Crippen LogP contribution in [0.4, 0.5) is 0 Å². The number of nitrogens with one attached hydrogen (secondary N) is 1. The summed E-state index contributed by atoms with van der Waals surface area (Å²) in [5, 5.41) is 5.00. The molecule has 1 amide bonds. The summed E-state index contributed by atoms with van der Waals surface area (Å²) in [5.41, 5.74) is 1.13. The molecule has 1 aromatic heterocycles. The maximum atomic E-state index is 12.3. The van der Waals surface area contributed by atoms with E-state index in [0.29, 0.717) is 18.0 Å². The van der Waals surface area contributed by atoms with Crippen LogP contribution in [0.2, 0.25) is 0 Å². The average molecular weight is 360 g/mol. The van der Waals surface area contributed by atoms with Gasteiger partial charge in [0.25, 0.3) is 5.91 Å². The highest BCUT2D eigenvalue weighted by atomic mass is 32.1. The Labute approximate surface area is 152 Å². The van der Waals surface area contributed by atoms with Crippen LogP contribution in [0.3, 0.4) is 0 Å². The first-order chi connectivity index (χ1) is 12.2. The molecule has 0 aliphatic carbocycles. The van der Waals surface area contributed by atoms with Gasteiger partial charge in [-0.3, -0.25) is 9.69 Å². The predicted octanol–water partition coefficient (Wildman–Crippen LogP) is 3.33. The SMILES string of the molecule is COc1ccc(C(CNC(=O)c2cccs2)N2CCCC2)cc1OC. The van der Waals surface area contributed by atoms with Crippen LogP contribution >= 0.6 is 11.3 Å². The van der Waals surface area contributed by atoms with E-state index in [1.807, 2.05) is 29.6 Å².